The van der Waals surface area contributed by atoms with Gasteiger partial charge in [-0.25, -0.2) is 9.59 Å². The lowest BCUT2D eigenvalue weighted by molar-refractivity contribution is 0.0719. The molecule has 0 radical (unpaired) electrons. The van der Waals surface area contributed by atoms with Gasteiger partial charge in [-0.3, -0.25) is 0 Å². The van der Waals surface area contributed by atoms with E-state index in [1.54, 1.807) is 24.3 Å². The highest BCUT2D eigenvalue weighted by molar-refractivity contribution is 5.92. The van der Waals surface area contributed by atoms with Crippen LogP contribution in [0.1, 0.15) is 67.9 Å². The van der Waals surface area contributed by atoms with Gasteiger partial charge in [0.05, 0.1) is 11.1 Å². The van der Waals surface area contributed by atoms with E-state index in [9.17, 15) is 9.59 Å². The molecule has 0 spiro atoms. The van der Waals surface area contributed by atoms with Crippen molar-refractivity contribution < 1.29 is 19.1 Å². The van der Waals surface area contributed by atoms with E-state index in [1.165, 1.54) is 0 Å². The quantitative estimate of drug-likeness (QED) is 0.329. The Labute approximate surface area is 191 Å². The minimum absolute atomic E-state index is 0.387. The van der Waals surface area contributed by atoms with Gasteiger partial charge in [0, 0.05) is 0 Å². The molecular formula is C28H32O4. The molecule has 4 nitrogen and oxygen atoms in total. The van der Waals surface area contributed by atoms with E-state index < -0.39 is 11.9 Å². The molecule has 0 N–H and O–H groups in total. The average molecular weight is 433 g/mol. The number of carbonyl (C=O) groups excluding carboxylic acids is 2. The van der Waals surface area contributed by atoms with Gasteiger partial charge in [-0.15, -0.1) is 0 Å². The minimum Gasteiger partial charge on any atom is -0.423 e. The Kier molecular flexibility index (Phi) is 8.36. The zero-order valence-electron chi connectivity index (χ0n) is 20.3. The van der Waals surface area contributed by atoms with Crippen LogP contribution in [0.25, 0.3) is 0 Å². The van der Waals surface area contributed by atoms with E-state index in [-0.39, 0.29) is 0 Å². The summed E-state index contributed by atoms with van der Waals surface area (Å²) >= 11 is 0. The van der Waals surface area contributed by atoms with Gasteiger partial charge in [-0.05, 0) is 123 Å². The van der Waals surface area contributed by atoms with Crippen LogP contribution in [0.2, 0.25) is 0 Å². The van der Waals surface area contributed by atoms with E-state index >= 15 is 0 Å². The Morgan fingerprint density at radius 3 is 1.03 bits per heavy atom. The Balaban J connectivity index is 0.00000176. The van der Waals surface area contributed by atoms with Gasteiger partial charge < -0.3 is 9.47 Å². The van der Waals surface area contributed by atoms with Gasteiger partial charge in [-0.2, -0.15) is 0 Å². The fourth-order valence-electron chi connectivity index (χ4n) is 3.21. The topological polar surface area (TPSA) is 52.6 Å². The first-order valence-electron chi connectivity index (χ1n) is 10.9. The molecule has 0 amide bonds. The Hall–Kier alpha value is -3.40. The molecule has 3 aromatic rings. The number of hydrogen-bond donors (Lipinski definition) is 0. The van der Waals surface area contributed by atoms with E-state index in [2.05, 4.69) is 0 Å². The maximum atomic E-state index is 12.5. The first kappa shape index (κ1) is 24.9. The second-order valence-electron chi connectivity index (χ2n) is 7.72. The molecule has 0 saturated carbocycles. The number of ether oxygens (including phenoxy) is 2. The van der Waals surface area contributed by atoms with Crippen molar-refractivity contribution in [3.63, 3.8) is 0 Å². The lowest BCUT2D eigenvalue weighted by Gasteiger charge is -2.10. The molecule has 4 heteroatoms. The largest absolute Gasteiger partial charge is 0.423 e. The molecule has 3 aromatic carbocycles. The molecule has 0 aliphatic rings. The maximum Gasteiger partial charge on any atom is 0.343 e. The monoisotopic (exact) mass is 432 g/mol. The molecule has 0 aliphatic heterocycles. The highest BCUT2D eigenvalue weighted by Gasteiger charge is 2.14. The molecule has 3 rings (SSSR count). The van der Waals surface area contributed by atoms with E-state index in [0.717, 1.165) is 33.4 Å². The number of benzene rings is 3. The fourth-order valence-corrected chi connectivity index (χ4v) is 3.21. The normalized spacial score (nSPS) is 10.1. The van der Waals surface area contributed by atoms with E-state index in [4.69, 9.17) is 9.47 Å². The summed E-state index contributed by atoms with van der Waals surface area (Å²) in [7, 11) is 0. The molecule has 0 aromatic heterocycles. The van der Waals surface area contributed by atoms with Crippen LogP contribution in [0.4, 0.5) is 0 Å². The van der Waals surface area contributed by atoms with Gasteiger partial charge in [0.2, 0.25) is 0 Å². The maximum absolute atomic E-state index is 12.5. The summed E-state index contributed by atoms with van der Waals surface area (Å²) in [5.41, 5.74) is 7.54. The third-order valence-electron chi connectivity index (χ3n) is 5.57. The number of carbonyl (C=O) groups is 2. The average Bonchev–Trinajstić information content (AvgIpc) is 2.77. The van der Waals surface area contributed by atoms with Crippen molar-refractivity contribution in [1.29, 1.82) is 0 Å². The van der Waals surface area contributed by atoms with Gasteiger partial charge in [-0.1, -0.05) is 13.8 Å². The lowest BCUT2D eigenvalue weighted by Crippen LogP contribution is -2.11. The summed E-state index contributed by atoms with van der Waals surface area (Å²) in [5, 5.41) is 0. The zero-order valence-corrected chi connectivity index (χ0v) is 20.3. The molecule has 0 bridgehead atoms. The molecule has 0 unspecified atom stereocenters. The highest BCUT2D eigenvalue weighted by atomic mass is 16.5. The second kappa shape index (κ2) is 10.8. The number of rotatable bonds is 4. The van der Waals surface area contributed by atoms with Crippen LogP contribution in [0, 0.1) is 41.5 Å². The first-order valence-corrected chi connectivity index (χ1v) is 10.9. The van der Waals surface area contributed by atoms with Gasteiger partial charge >= 0.3 is 11.9 Å². The van der Waals surface area contributed by atoms with Crippen molar-refractivity contribution in [3.05, 3.63) is 93.0 Å². The van der Waals surface area contributed by atoms with Crippen LogP contribution in [-0.4, -0.2) is 11.9 Å². The van der Waals surface area contributed by atoms with Crippen molar-refractivity contribution in [2.75, 3.05) is 0 Å². The van der Waals surface area contributed by atoms with Crippen molar-refractivity contribution in [2.45, 2.75) is 55.4 Å². The van der Waals surface area contributed by atoms with Crippen LogP contribution in [0.5, 0.6) is 11.5 Å². The Morgan fingerprint density at radius 1 is 0.531 bits per heavy atom. The summed E-state index contributed by atoms with van der Waals surface area (Å²) < 4.78 is 10.9. The zero-order chi connectivity index (χ0) is 24.0. The standard InChI is InChI=1S/C26H26O4.C2H6/c1-15-11-21(12-16(2)19(15)5)25(27)29-23-7-9-24(10-8-23)30-26(28)22-13-17(3)20(6)18(4)14-22;1-2/h7-14H,1-6H3;1-2H3. The first-order chi connectivity index (χ1) is 15.2. The van der Waals surface area contributed by atoms with Crippen molar-refractivity contribution >= 4 is 11.9 Å². The Bertz CT molecular complexity index is 988. The third-order valence-corrected chi connectivity index (χ3v) is 5.57. The summed E-state index contributed by atoms with van der Waals surface area (Å²) in [6, 6.07) is 13.7. The van der Waals surface area contributed by atoms with Crippen LogP contribution >= 0.6 is 0 Å². The van der Waals surface area contributed by atoms with Crippen molar-refractivity contribution in [3.8, 4) is 11.5 Å². The van der Waals surface area contributed by atoms with Crippen LogP contribution in [0.15, 0.2) is 48.5 Å². The molecule has 0 aliphatic carbocycles. The number of aryl methyl sites for hydroxylation is 4. The van der Waals surface area contributed by atoms with Crippen LogP contribution < -0.4 is 9.47 Å². The number of hydrogen-bond acceptors (Lipinski definition) is 4. The summed E-state index contributed by atoms with van der Waals surface area (Å²) in [5.74, 6) is -0.0662. The van der Waals surface area contributed by atoms with Crippen LogP contribution in [0.3, 0.4) is 0 Å². The van der Waals surface area contributed by atoms with Gasteiger partial charge in [0.1, 0.15) is 11.5 Å². The fraction of sp³-hybridized carbons (Fsp3) is 0.286. The molecular weight excluding hydrogens is 400 g/mol. The SMILES string of the molecule is CC.Cc1cc(C(=O)Oc2ccc(OC(=O)c3cc(C)c(C)c(C)c3)cc2)cc(C)c1C. The molecule has 0 fully saturated rings. The summed E-state index contributed by atoms with van der Waals surface area (Å²) in [6.07, 6.45) is 0. The molecule has 0 heterocycles. The van der Waals surface area contributed by atoms with Crippen molar-refractivity contribution in [2.24, 2.45) is 0 Å². The van der Waals surface area contributed by atoms with Gasteiger partial charge in [0.15, 0.2) is 0 Å². The summed E-state index contributed by atoms with van der Waals surface area (Å²) in [6.45, 7) is 15.9. The predicted octanol–water partition coefficient (Wildman–Crippen LogP) is 7.00. The minimum atomic E-state index is -0.420. The van der Waals surface area contributed by atoms with E-state index in [0.29, 0.717) is 22.6 Å². The number of esters is 2. The Morgan fingerprint density at radius 2 is 0.781 bits per heavy atom. The highest BCUT2D eigenvalue weighted by Crippen LogP contribution is 2.22. The predicted molar refractivity (Wildman–Crippen MR) is 129 cm³/mol. The van der Waals surface area contributed by atoms with Crippen LogP contribution in [-0.2, 0) is 0 Å². The molecule has 0 atom stereocenters. The lowest BCUT2D eigenvalue weighted by atomic mass is 10.0. The summed E-state index contributed by atoms with van der Waals surface area (Å²) in [4.78, 5) is 24.9. The molecule has 168 valence electrons. The smallest absolute Gasteiger partial charge is 0.343 e. The van der Waals surface area contributed by atoms with Crippen molar-refractivity contribution in [1.82, 2.24) is 0 Å². The second-order valence-corrected chi connectivity index (χ2v) is 7.72. The van der Waals surface area contributed by atoms with Gasteiger partial charge in [0.25, 0.3) is 0 Å². The molecule has 0 saturated heterocycles. The third kappa shape index (κ3) is 5.85. The van der Waals surface area contributed by atoms with E-state index in [1.807, 2.05) is 79.7 Å². The molecule has 32 heavy (non-hydrogen) atoms.